The topological polar surface area (TPSA) is 74.2 Å². The van der Waals surface area contributed by atoms with Gasteiger partial charge in [0.15, 0.2) is 0 Å². The van der Waals surface area contributed by atoms with Crippen LogP contribution in [-0.4, -0.2) is 49.4 Å². The summed E-state index contributed by atoms with van der Waals surface area (Å²) in [5, 5.41) is 14.3. The monoisotopic (exact) mass is 274 g/mol. The molecule has 20 heavy (non-hydrogen) atoms. The summed E-state index contributed by atoms with van der Waals surface area (Å²) >= 11 is 0. The van der Waals surface area contributed by atoms with Crippen LogP contribution in [0.3, 0.4) is 0 Å². The van der Waals surface area contributed by atoms with Crippen molar-refractivity contribution in [3.63, 3.8) is 0 Å². The highest BCUT2D eigenvalue weighted by Gasteiger charge is 2.36. The lowest BCUT2D eigenvalue weighted by Crippen LogP contribution is -2.41. The van der Waals surface area contributed by atoms with E-state index < -0.39 is 6.10 Å². The van der Waals surface area contributed by atoms with Crippen LogP contribution in [0.2, 0.25) is 0 Å². The van der Waals surface area contributed by atoms with Crippen molar-refractivity contribution in [2.45, 2.75) is 25.0 Å². The molecule has 1 aliphatic rings. The molecule has 1 aliphatic heterocycles. The zero-order valence-electron chi connectivity index (χ0n) is 11.4. The average molecular weight is 274 g/mol. The molecule has 1 saturated heterocycles. The van der Waals surface area contributed by atoms with Gasteiger partial charge in [0.2, 0.25) is 0 Å². The summed E-state index contributed by atoms with van der Waals surface area (Å²) in [5.41, 5.74) is 1.60. The molecule has 0 radical (unpaired) electrons. The molecule has 0 saturated carbocycles. The van der Waals surface area contributed by atoms with E-state index in [-0.39, 0.29) is 11.9 Å². The second kappa shape index (κ2) is 5.13. The molecule has 2 aromatic rings. The quantitative estimate of drug-likeness (QED) is 0.859. The predicted molar refractivity (Wildman–Crippen MR) is 73.2 cm³/mol. The highest BCUT2D eigenvalue weighted by Crippen LogP contribution is 2.23. The van der Waals surface area contributed by atoms with E-state index in [0.29, 0.717) is 25.1 Å². The van der Waals surface area contributed by atoms with Gasteiger partial charge in [-0.05, 0) is 30.5 Å². The first-order chi connectivity index (χ1) is 9.65. The van der Waals surface area contributed by atoms with Crippen LogP contribution in [0.15, 0.2) is 30.7 Å². The Balaban J connectivity index is 1.78. The molecule has 0 bridgehead atoms. The maximum absolute atomic E-state index is 12.4. The Morgan fingerprint density at radius 3 is 3.10 bits per heavy atom. The fraction of sp³-hybridized carbons (Fsp3) is 0.429. The smallest absolute Gasteiger partial charge is 0.270 e. The molecule has 2 N–H and O–H groups in total. The number of H-pyrrole nitrogens is 1. The van der Waals surface area contributed by atoms with Gasteiger partial charge in [0.25, 0.3) is 5.91 Å². The van der Waals surface area contributed by atoms with Crippen molar-refractivity contribution in [1.29, 1.82) is 0 Å². The Kier molecular flexibility index (Phi) is 3.31. The number of aromatic amines is 1. The Morgan fingerprint density at radius 1 is 1.60 bits per heavy atom. The zero-order valence-corrected chi connectivity index (χ0v) is 11.4. The van der Waals surface area contributed by atoms with E-state index in [1.54, 1.807) is 34.1 Å². The Hall–Kier alpha value is -2.08. The number of aliphatic hydroxyl groups is 1. The summed E-state index contributed by atoms with van der Waals surface area (Å²) in [6.45, 7) is 0.587. The van der Waals surface area contributed by atoms with E-state index in [1.165, 1.54) is 0 Å². The van der Waals surface area contributed by atoms with Gasteiger partial charge in [-0.1, -0.05) is 0 Å². The third-order valence-electron chi connectivity index (χ3n) is 3.80. The maximum Gasteiger partial charge on any atom is 0.270 e. The molecule has 3 rings (SSSR count). The minimum Gasteiger partial charge on any atom is -0.391 e. The first kappa shape index (κ1) is 12.9. The van der Waals surface area contributed by atoms with Crippen LogP contribution in [0.25, 0.3) is 0 Å². The lowest BCUT2D eigenvalue weighted by Gasteiger charge is -2.25. The first-order valence-corrected chi connectivity index (χ1v) is 6.75. The fourth-order valence-corrected chi connectivity index (χ4v) is 2.77. The molecule has 1 amide bonds. The molecule has 0 aliphatic carbocycles. The Bertz CT molecular complexity index is 590. The van der Waals surface area contributed by atoms with Gasteiger partial charge >= 0.3 is 0 Å². The van der Waals surface area contributed by atoms with Crippen molar-refractivity contribution < 1.29 is 9.90 Å². The van der Waals surface area contributed by atoms with Gasteiger partial charge in [-0.15, -0.1) is 0 Å². The van der Waals surface area contributed by atoms with Crippen LogP contribution in [-0.2, 0) is 13.5 Å². The summed E-state index contributed by atoms with van der Waals surface area (Å²) in [6, 6.07) is 3.37. The standard InChI is InChI=1S/C14H18N4O2/c1-17-9-10(8-16-17)7-12-13(19)4-6-18(12)14(20)11-3-2-5-15-11/h2-3,5,8-9,12-13,15,19H,4,6-7H2,1H3/t12-,13+/m0/s1. The minimum absolute atomic E-state index is 0.0551. The van der Waals surface area contributed by atoms with E-state index in [1.807, 2.05) is 13.2 Å². The summed E-state index contributed by atoms with van der Waals surface area (Å²) in [4.78, 5) is 17.1. The molecule has 6 nitrogen and oxygen atoms in total. The third kappa shape index (κ3) is 2.34. The zero-order chi connectivity index (χ0) is 14.1. The molecule has 0 spiro atoms. The number of hydrogen-bond donors (Lipinski definition) is 2. The average Bonchev–Trinajstić information content (AvgIpc) is 3.13. The van der Waals surface area contributed by atoms with Gasteiger partial charge in [-0.3, -0.25) is 9.48 Å². The van der Waals surface area contributed by atoms with Crippen LogP contribution in [0.5, 0.6) is 0 Å². The Morgan fingerprint density at radius 2 is 2.45 bits per heavy atom. The molecule has 6 heteroatoms. The third-order valence-corrected chi connectivity index (χ3v) is 3.80. The van der Waals surface area contributed by atoms with E-state index in [0.717, 1.165) is 5.56 Å². The first-order valence-electron chi connectivity index (χ1n) is 6.75. The van der Waals surface area contributed by atoms with Crippen LogP contribution >= 0.6 is 0 Å². The predicted octanol–water partition coefficient (Wildman–Crippen LogP) is 0.566. The van der Waals surface area contributed by atoms with Crippen molar-refractivity contribution in [2.24, 2.45) is 7.05 Å². The van der Waals surface area contributed by atoms with Crippen molar-refractivity contribution in [3.8, 4) is 0 Å². The van der Waals surface area contributed by atoms with Crippen LogP contribution < -0.4 is 0 Å². The van der Waals surface area contributed by atoms with E-state index in [9.17, 15) is 9.90 Å². The highest BCUT2D eigenvalue weighted by molar-refractivity contribution is 5.92. The van der Waals surface area contributed by atoms with E-state index in [2.05, 4.69) is 10.1 Å². The van der Waals surface area contributed by atoms with Crippen LogP contribution in [0, 0.1) is 0 Å². The molecular weight excluding hydrogens is 256 g/mol. The van der Waals surface area contributed by atoms with E-state index in [4.69, 9.17) is 0 Å². The minimum atomic E-state index is -0.478. The molecule has 106 valence electrons. The number of aromatic nitrogens is 3. The van der Waals surface area contributed by atoms with Gasteiger partial charge < -0.3 is 15.0 Å². The summed E-state index contributed by atoms with van der Waals surface area (Å²) in [7, 11) is 1.86. The number of likely N-dealkylation sites (tertiary alicyclic amines) is 1. The van der Waals surface area contributed by atoms with Gasteiger partial charge in [-0.25, -0.2) is 0 Å². The van der Waals surface area contributed by atoms with Gasteiger partial charge in [0.05, 0.1) is 18.3 Å². The van der Waals surface area contributed by atoms with E-state index >= 15 is 0 Å². The number of aryl methyl sites for hydroxylation is 1. The van der Waals surface area contributed by atoms with Crippen molar-refractivity contribution in [1.82, 2.24) is 19.7 Å². The summed E-state index contributed by atoms with van der Waals surface area (Å²) < 4.78 is 1.73. The second-order valence-corrected chi connectivity index (χ2v) is 5.23. The Labute approximate surface area is 117 Å². The van der Waals surface area contributed by atoms with Crippen LogP contribution in [0.1, 0.15) is 22.5 Å². The number of carbonyl (C=O) groups is 1. The molecule has 2 aromatic heterocycles. The molecule has 0 aromatic carbocycles. The number of carbonyl (C=O) groups excluding carboxylic acids is 1. The number of amides is 1. The fourth-order valence-electron chi connectivity index (χ4n) is 2.77. The molecular formula is C14H18N4O2. The summed E-state index contributed by atoms with van der Waals surface area (Å²) in [6.07, 6.45) is 6.20. The van der Waals surface area contributed by atoms with Crippen LogP contribution in [0.4, 0.5) is 0 Å². The summed E-state index contributed by atoms with van der Waals surface area (Å²) in [5.74, 6) is -0.0551. The van der Waals surface area contributed by atoms with Gasteiger partial charge in [0, 0.05) is 26.0 Å². The maximum atomic E-state index is 12.4. The molecule has 0 unspecified atom stereocenters. The SMILES string of the molecule is Cn1cc(C[C@H]2[C@H](O)CCN2C(=O)c2ccc[nH]2)cn1. The van der Waals surface area contributed by atoms with Crippen molar-refractivity contribution >= 4 is 5.91 Å². The highest BCUT2D eigenvalue weighted by atomic mass is 16.3. The lowest BCUT2D eigenvalue weighted by atomic mass is 10.0. The molecule has 1 fully saturated rings. The molecule has 2 atom stereocenters. The van der Waals surface area contributed by atoms with Gasteiger partial charge in [0.1, 0.15) is 5.69 Å². The number of nitrogens with one attached hydrogen (secondary N) is 1. The number of nitrogens with zero attached hydrogens (tertiary/aromatic N) is 3. The normalized spacial score (nSPS) is 22.4. The van der Waals surface area contributed by atoms with Crippen molar-refractivity contribution in [2.75, 3.05) is 6.54 Å². The largest absolute Gasteiger partial charge is 0.391 e. The number of hydrogen-bond acceptors (Lipinski definition) is 3. The second-order valence-electron chi connectivity index (χ2n) is 5.23. The van der Waals surface area contributed by atoms with Crippen molar-refractivity contribution in [3.05, 3.63) is 42.0 Å². The number of rotatable bonds is 3. The lowest BCUT2D eigenvalue weighted by molar-refractivity contribution is 0.0635. The number of aliphatic hydroxyl groups excluding tert-OH is 1. The molecule has 3 heterocycles. The van der Waals surface area contributed by atoms with Gasteiger partial charge in [-0.2, -0.15) is 5.10 Å².